The number of rotatable bonds is 4. The van der Waals surface area contributed by atoms with Crippen molar-refractivity contribution in [1.29, 1.82) is 0 Å². The van der Waals surface area contributed by atoms with Crippen LogP contribution in [-0.2, 0) is 0 Å². The SMILES string of the molecule is CC(Nc1ccccc1C(=O)O)c1cnc2ccsc2c1. The van der Waals surface area contributed by atoms with Crippen LogP contribution in [-0.4, -0.2) is 16.1 Å². The summed E-state index contributed by atoms with van der Waals surface area (Å²) >= 11 is 1.65. The van der Waals surface area contributed by atoms with Gasteiger partial charge in [0.25, 0.3) is 0 Å². The highest BCUT2D eigenvalue weighted by Gasteiger charge is 2.13. The molecule has 0 bridgehead atoms. The van der Waals surface area contributed by atoms with Gasteiger partial charge in [0.15, 0.2) is 0 Å². The van der Waals surface area contributed by atoms with Crippen molar-refractivity contribution in [1.82, 2.24) is 4.98 Å². The molecule has 3 rings (SSSR count). The molecule has 0 fully saturated rings. The normalized spacial score (nSPS) is 12.2. The third-order valence-electron chi connectivity index (χ3n) is 3.35. The molecule has 0 saturated carbocycles. The Bertz CT molecular complexity index is 798. The quantitative estimate of drug-likeness (QED) is 0.759. The first kappa shape index (κ1) is 13.6. The molecule has 2 aromatic heterocycles. The molecule has 0 aliphatic rings. The molecule has 1 unspecified atom stereocenters. The van der Waals surface area contributed by atoms with Crippen molar-refractivity contribution >= 4 is 33.2 Å². The number of carboxylic acids is 1. The summed E-state index contributed by atoms with van der Waals surface area (Å²) in [5, 5.41) is 14.5. The average Bonchev–Trinajstić information content (AvgIpc) is 2.94. The van der Waals surface area contributed by atoms with E-state index in [0.717, 1.165) is 15.8 Å². The lowest BCUT2D eigenvalue weighted by Crippen LogP contribution is -2.10. The lowest BCUT2D eigenvalue weighted by Gasteiger charge is -2.17. The number of aromatic nitrogens is 1. The highest BCUT2D eigenvalue weighted by atomic mass is 32.1. The highest BCUT2D eigenvalue weighted by molar-refractivity contribution is 7.17. The Morgan fingerprint density at radius 3 is 2.95 bits per heavy atom. The summed E-state index contributed by atoms with van der Waals surface area (Å²) in [6.45, 7) is 2.00. The number of para-hydroxylation sites is 1. The Morgan fingerprint density at radius 1 is 1.33 bits per heavy atom. The van der Waals surface area contributed by atoms with Gasteiger partial charge in [-0.3, -0.25) is 4.98 Å². The molecule has 0 radical (unpaired) electrons. The fraction of sp³-hybridized carbons (Fsp3) is 0.125. The number of nitrogens with one attached hydrogen (secondary N) is 1. The monoisotopic (exact) mass is 298 g/mol. The van der Waals surface area contributed by atoms with E-state index in [-0.39, 0.29) is 11.6 Å². The summed E-state index contributed by atoms with van der Waals surface area (Å²) in [6.07, 6.45) is 1.83. The van der Waals surface area contributed by atoms with Crippen LogP contribution in [0.15, 0.2) is 48.0 Å². The van der Waals surface area contributed by atoms with Crippen LogP contribution in [0.2, 0.25) is 0 Å². The standard InChI is InChI=1S/C16H14N2O2S/c1-10(11-8-15-14(17-9-11)6-7-21-15)18-13-5-3-2-4-12(13)16(19)20/h2-10,18H,1H3,(H,19,20). The predicted octanol–water partition coefficient (Wildman–Crippen LogP) is 4.17. The van der Waals surface area contributed by atoms with Gasteiger partial charge in [-0.15, -0.1) is 11.3 Å². The van der Waals surface area contributed by atoms with E-state index in [2.05, 4.69) is 16.4 Å². The summed E-state index contributed by atoms with van der Waals surface area (Å²) in [4.78, 5) is 15.6. The van der Waals surface area contributed by atoms with Gasteiger partial charge in [-0.05, 0) is 42.1 Å². The van der Waals surface area contributed by atoms with Crippen LogP contribution in [0.25, 0.3) is 10.2 Å². The van der Waals surface area contributed by atoms with Gasteiger partial charge in [0.2, 0.25) is 0 Å². The van der Waals surface area contributed by atoms with Gasteiger partial charge in [-0.25, -0.2) is 4.79 Å². The zero-order valence-corrected chi connectivity index (χ0v) is 12.2. The van der Waals surface area contributed by atoms with Gasteiger partial charge in [0.1, 0.15) is 0 Å². The Morgan fingerprint density at radius 2 is 2.14 bits per heavy atom. The third kappa shape index (κ3) is 2.73. The first-order chi connectivity index (χ1) is 10.1. The number of nitrogens with zero attached hydrogens (tertiary/aromatic N) is 1. The Labute approximate surface area is 126 Å². The third-order valence-corrected chi connectivity index (χ3v) is 4.21. The van der Waals surface area contributed by atoms with Crippen LogP contribution in [0.1, 0.15) is 28.9 Å². The molecular formula is C16H14N2O2S. The summed E-state index contributed by atoms with van der Waals surface area (Å²) in [5.41, 5.74) is 2.91. The molecule has 0 aliphatic carbocycles. The zero-order valence-electron chi connectivity index (χ0n) is 11.4. The topological polar surface area (TPSA) is 62.2 Å². The van der Waals surface area contributed by atoms with E-state index in [9.17, 15) is 9.90 Å². The molecule has 0 saturated heterocycles. The minimum Gasteiger partial charge on any atom is -0.478 e. The molecule has 1 aromatic carbocycles. The highest BCUT2D eigenvalue weighted by Crippen LogP contribution is 2.26. The van der Waals surface area contributed by atoms with Gasteiger partial charge >= 0.3 is 5.97 Å². The molecule has 106 valence electrons. The van der Waals surface area contributed by atoms with Gasteiger partial charge in [0, 0.05) is 11.9 Å². The van der Waals surface area contributed by atoms with Crippen molar-refractivity contribution in [3.05, 3.63) is 59.1 Å². The molecule has 3 aromatic rings. The van der Waals surface area contributed by atoms with E-state index in [1.165, 1.54) is 0 Å². The second-order valence-electron chi connectivity index (χ2n) is 4.79. The van der Waals surface area contributed by atoms with E-state index in [1.807, 2.05) is 30.6 Å². The van der Waals surface area contributed by atoms with Gasteiger partial charge in [-0.1, -0.05) is 12.1 Å². The zero-order chi connectivity index (χ0) is 14.8. The number of fused-ring (bicyclic) bond motifs is 1. The summed E-state index contributed by atoms with van der Waals surface area (Å²) in [7, 11) is 0. The molecule has 4 nitrogen and oxygen atoms in total. The van der Waals surface area contributed by atoms with Crippen molar-refractivity contribution in [3.63, 3.8) is 0 Å². The van der Waals surface area contributed by atoms with Crippen molar-refractivity contribution in [2.45, 2.75) is 13.0 Å². The molecule has 0 spiro atoms. The molecule has 2 N–H and O–H groups in total. The van der Waals surface area contributed by atoms with E-state index >= 15 is 0 Å². The number of benzene rings is 1. The van der Waals surface area contributed by atoms with Gasteiger partial charge in [-0.2, -0.15) is 0 Å². The van der Waals surface area contributed by atoms with Crippen molar-refractivity contribution in [3.8, 4) is 0 Å². The van der Waals surface area contributed by atoms with Crippen molar-refractivity contribution in [2.75, 3.05) is 5.32 Å². The lowest BCUT2D eigenvalue weighted by molar-refractivity contribution is 0.0698. The lowest BCUT2D eigenvalue weighted by atomic mass is 10.1. The second kappa shape index (κ2) is 5.54. The smallest absolute Gasteiger partial charge is 0.337 e. The van der Waals surface area contributed by atoms with E-state index < -0.39 is 5.97 Å². The van der Waals surface area contributed by atoms with Crippen molar-refractivity contribution in [2.24, 2.45) is 0 Å². The number of thiophene rings is 1. The van der Waals surface area contributed by atoms with Crippen LogP contribution in [0.5, 0.6) is 0 Å². The van der Waals surface area contributed by atoms with Crippen LogP contribution in [0, 0.1) is 0 Å². The summed E-state index contributed by atoms with van der Waals surface area (Å²) in [5.74, 6) is -0.933. The number of hydrogen-bond acceptors (Lipinski definition) is 4. The van der Waals surface area contributed by atoms with Crippen molar-refractivity contribution < 1.29 is 9.90 Å². The largest absolute Gasteiger partial charge is 0.478 e. The maximum Gasteiger partial charge on any atom is 0.337 e. The summed E-state index contributed by atoms with van der Waals surface area (Å²) < 4.78 is 1.13. The molecule has 0 aliphatic heterocycles. The van der Waals surface area contributed by atoms with Crippen LogP contribution < -0.4 is 5.32 Å². The van der Waals surface area contributed by atoms with Crippen LogP contribution in [0.4, 0.5) is 5.69 Å². The maximum absolute atomic E-state index is 11.2. The molecule has 1 atom stereocenters. The molecule has 21 heavy (non-hydrogen) atoms. The fourth-order valence-corrected chi connectivity index (χ4v) is 3.00. The number of carboxylic acid groups (broad SMARTS) is 1. The number of pyridine rings is 1. The summed E-state index contributed by atoms with van der Waals surface area (Å²) in [6, 6.07) is 11.0. The van der Waals surface area contributed by atoms with Gasteiger partial charge in [0.05, 0.1) is 21.8 Å². The first-order valence-electron chi connectivity index (χ1n) is 6.57. The average molecular weight is 298 g/mol. The maximum atomic E-state index is 11.2. The number of anilines is 1. The Kier molecular flexibility index (Phi) is 3.58. The first-order valence-corrected chi connectivity index (χ1v) is 7.45. The van der Waals surface area contributed by atoms with E-state index in [4.69, 9.17) is 0 Å². The number of hydrogen-bond donors (Lipinski definition) is 2. The minimum absolute atomic E-state index is 0.0236. The fourth-order valence-electron chi connectivity index (χ4n) is 2.21. The van der Waals surface area contributed by atoms with Crippen LogP contribution >= 0.6 is 11.3 Å². The van der Waals surface area contributed by atoms with Crippen LogP contribution in [0.3, 0.4) is 0 Å². The van der Waals surface area contributed by atoms with Gasteiger partial charge < -0.3 is 10.4 Å². The second-order valence-corrected chi connectivity index (χ2v) is 5.74. The molecule has 2 heterocycles. The number of carbonyl (C=O) groups is 1. The molecule has 0 amide bonds. The Balaban J connectivity index is 1.89. The Hall–Kier alpha value is -2.40. The molecule has 5 heteroatoms. The minimum atomic E-state index is -0.933. The molecular weight excluding hydrogens is 284 g/mol. The number of aromatic carboxylic acids is 1. The predicted molar refractivity (Wildman–Crippen MR) is 85.1 cm³/mol. The van der Waals surface area contributed by atoms with E-state index in [0.29, 0.717) is 5.69 Å². The van der Waals surface area contributed by atoms with E-state index in [1.54, 1.807) is 29.5 Å².